The number of carbonyl (C=O) groups excluding carboxylic acids is 1. The second kappa shape index (κ2) is 13.0. The van der Waals surface area contributed by atoms with E-state index in [1.807, 2.05) is 0 Å². The number of nitrogens with zero attached hydrogens (tertiary/aromatic N) is 3. The van der Waals surface area contributed by atoms with Gasteiger partial charge in [-0.3, -0.25) is 4.48 Å². The normalized spacial score (nSPS) is 19.7. The van der Waals surface area contributed by atoms with Crippen LogP contribution in [-0.4, -0.2) is 59.0 Å². The molecule has 8 heteroatoms. The van der Waals surface area contributed by atoms with Crippen LogP contribution in [0.5, 0.6) is 5.88 Å². The predicted molar refractivity (Wildman–Crippen MR) is 124 cm³/mol. The molecule has 176 valence electrons. The Morgan fingerprint density at radius 1 is 1.13 bits per heavy atom. The molecule has 1 aliphatic heterocycles. The summed E-state index contributed by atoms with van der Waals surface area (Å²) in [5.41, 5.74) is 1.94. The molecule has 0 radical (unpaired) electrons. The molecule has 2 heterocycles. The summed E-state index contributed by atoms with van der Waals surface area (Å²) in [6, 6.07) is 0. The first-order chi connectivity index (χ1) is 14.9. The van der Waals surface area contributed by atoms with Crippen LogP contribution in [0.1, 0.15) is 78.3 Å². The fraction of sp³-hybridized carbons (Fsp3) is 0.783. The first-order valence-electron chi connectivity index (χ1n) is 11.7. The molecule has 2 atom stereocenters. The highest BCUT2D eigenvalue weighted by molar-refractivity contribution is 6.99. The molecule has 0 saturated heterocycles. The maximum Gasteiger partial charge on any atom is 0.512 e. The Labute approximate surface area is 191 Å². The average Bonchev–Trinajstić information content (AvgIpc) is 3.20. The lowest BCUT2D eigenvalue weighted by Crippen LogP contribution is -2.58. The third-order valence-corrected chi connectivity index (χ3v) is 6.19. The Morgan fingerprint density at radius 2 is 1.90 bits per heavy atom. The van der Waals surface area contributed by atoms with Gasteiger partial charge < -0.3 is 14.2 Å². The van der Waals surface area contributed by atoms with Gasteiger partial charge in [-0.15, -0.1) is 4.37 Å². The molecule has 2 rings (SSSR count). The van der Waals surface area contributed by atoms with E-state index in [0.717, 1.165) is 43.5 Å². The molecule has 1 aromatic heterocycles. The highest BCUT2D eigenvalue weighted by atomic mass is 32.1. The van der Waals surface area contributed by atoms with Crippen LogP contribution in [0.4, 0.5) is 4.79 Å². The molecular weight excluding hydrogens is 414 g/mol. The van der Waals surface area contributed by atoms with Gasteiger partial charge in [0.25, 0.3) is 5.88 Å². The Balaban J connectivity index is 2.04. The Hall–Kier alpha value is -1.67. The monoisotopic (exact) mass is 454 g/mol. The average molecular weight is 455 g/mol. The van der Waals surface area contributed by atoms with E-state index in [2.05, 4.69) is 49.6 Å². The molecule has 1 aromatic rings. The molecule has 31 heavy (non-hydrogen) atoms. The number of ether oxygens (including phenoxy) is 3. The zero-order chi connectivity index (χ0) is 22.7. The molecule has 0 saturated carbocycles. The fourth-order valence-electron chi connectivity index (χ4n) is 4.04. The lowest BCUT2D eigenvalue weighted by Gasteiger charge is -2.44. The van der Waals surface area contributed by atoms with Crippen LogP contribution >= 0.6 is 11.7 Å². The van der Waals surface area contributed by atoms with Crippen molar-refractivity contribution in [3.8, 4) is 5.88 Å². The van der Waals surface area contributed by atoms with Crippen molar-refractivity contribution < 1.29 is 23.5 Å². The number of likely N-dealkylation sites (N-methyl/N-ethyl adjacent to an activating group) is 1. The number of unbranched alkanes of at least 4 members (excludes halogenated alkanes) is 4. The quantitative estimate of drug-likeness (QED) is 0.217. The minimum Gasteiger partial charge on any atom is -0.475 e. The van der Waals surface area contributed by atoms with E-state index in [9.17, 15) is 4.79 Å². The summed E-state index contributed by atoms with van der Waals surface area (Å²) in [4.78, 5) is 12.3. The number of quaternary nitrogens is 1. The fourth-order valence-corrected chi connectivity index (χ4v) is 4.57. The largest absolute Gasteiger partial charge is 0.512 e. The second-order valence-corrected chi connectivity index (χ2v) is 9.44. The van der Waals surface area contributed by atoms with Crippen LogP contribution in [-0.2, 0) is 9.47 Å². The van der Waals surface area contributed by atoms with Crippen molar-refractivity contribution in [2.24, 2.45) is 5.92 Å². The minimum atomic E-state index is -0.575. The van der Waals surface area contributed by atoms with Gasteiger partial charge in [-0.1, -0.05) is 59.5 Å². The summed E-state index contributed by atoms with van der Waals surface area (Å²) in [5, 5.41) is 0. The lowest BCUT2D eigenvalue weighted by atomic mass is 10.0. The van der Waals surface area contributed by atoms with Crippen molar-refractivity contribution in [2.45, 2.75) is 78.9 Å². The van der Waals surface area contributed by atoms with Gasteiger partial charge in [-0.2, -0.15) is 4.37 Å². The van der Waals surface area contributed by atoms with E-state index < -0.39 is 6.16 Å². The maximum absolute atomic E-state index is 12.3. The van der Waals surface area contributed by atoms with Crippen LogP contribution in [0.25, 0.3) is 5.57 Å². The van der Waals surface area contributed by atoms with Gasteiger partial charge in [0.05, 0.1) is 38.5 Å². The van der Waals surface area contributed by atoms with E-state index in [1.54, 1.807) is 0 Å². The van der Waals surface area contributed by atoms with Gasteiger partial charge >= 0.3 is 6.16 Å². The first-order valence-corrected chi connectivity index (χ1v) is 12.5. The van der Waals surface area contributed by atoms with Gasteiger partial charge in [0.1, 0.15) is 12.2 Å². The molecule has 2 unspecified atom stereocenters. The highest BCUT2D eigenvalue weighted by Crippen LogP contribution is 2.33. The summed E-state index contributed by atoms with van der Waals surface area (Å²) in [7, 11) is 2.14. The molecule has 0 N–H and O–H groups in total. The van der Waals surface area contributed by atoms with Gasteiger partial charge in [0.15, 0.2) is 0 Å². The molecule has 7 nitrogen and oxygen atoms in total. The van der Waals surface area contributed by atoms with Crippen molar-refractivity contribution in [1.29, 1.82) is 0 Å². The van der Waals surface area contributed by atoms with Crippen LogP contribution in [0.15, 0.2) is 6.08 Å². The van der Waals surface area contributed by atoms with Gasteiger partial charge in [0, 0.05) is 17.9 Å². The van der Waals surface area contributed by atoms with Crippen LogP contribution < -0.4 is 4.74 Å². The number of aromatic nitrogens is 2. The van der Waals surface area contributed by atoms with Gasteiger partial charge in [-0.05, 0) is 12.8 Å². The van der Waals surface area contributed by atoms with Crippen molar-refractivity contribution >= 4 is 23.5 Å². The predicted octanol–water partition coefficient (Wildman–Crippen LogP) is 5.67. The Kier molecular flexibility index (Phi) is 10.7. The second-order valence-electron chi connectivity index (χ2n) is 8.91. The highest BCUT2D eigenvalue weighted by Gasteiger charge is 2.41. The SMILES string of the molecule is CCCCCCOc1nsnc1C1=CCC[N+](C)(C(OC(=O)OCCCC)C(C)C)C1. The third kappa shape index (κ3) is 7.75. The van der Waals surface area contributed by atoms with Crippen LogP contribution in [0.2, 0.25) is 0 Å². The topological polar surface area (TPSA) is 70.5 Å². The molecule has 0 aromatic carbocycles. The van der Waals surface area contributed by atoms with Crippen molar-refractivity contribution in [3.63, 3.8) is 0 Å². The smallest absolute Gasteiger partial charge is 0.475 e. The van der Waals surface area contributed by atoms with Crippen molar-refractivity contribution in [3.05, 3.63) is 11.8 Å². The summed E-state index contributed by atoms with van der Waals surface area (Å²) >= 11 is 1.19. The van der Waals surface area contributed by atoms with E-state index in [1.165, 1.54) is 31.0 Å². The molecule has 0 bridgehead atoms. The Morgan fingerprint density at radius 3 is 2.61 bits per heavy atom. The minimum absolute atomic E-state index is 0.158. The summed E-state index contributed by atoms with van der Waals surface area (Å²) in [6.45, 7) is 11.1. The first kappa shape index (κ1) is 25.6. The number of rotatable bonds is 13. The maximum atomic E-state index is 12.3. The number of carbonyl (C=O) groups is 1. The number of hydrogen-bond donors (Lipinski definition) is 0. The van der Waals surface area contributed by atoms with Crippen molar-refractivity contribution in [1.82, 2.24) is 8.75 Å². The molecule has 0 amide bonds. The molecule has 1 aliphatic rings. The summed E-state index contributed by atoms with van der Waals surface area (Å²) in [5.74, 6) is 0.785. The van der Waals surface area contributed by atoms with Crippen LogP contribution in [0.3, 0.4) is 0 Å². The van der Waals surface area contributed by atoms with E-state index in [-0.39, 0.29) is 12.1 Å². The van der Waals surface area contributed by atoms with Crippen LogP contribution in [0, 0.1) is 5.92 Å². The third-order valence-electron chi connectivity index (χ3n) is 5.68. The summed E-state index contributed by atoms with van der Waals surface area (Å²) < 4.78 is 26.5. The molecular formula is C23H40N3O4S+. The van der Waals surface area contributed by atoms with Gasteiger partial charge in [-0.25, -0.2) is 4.79 Å². The van der Waals surface area contributed by atoms with E-state index >= 15 is 0 Å². The molecule has 0 fully saturated rings. The Bertz CT molecular complexity index is 707. The van der Waals surface area contributed by atoms with E-state index in [0.29, 0.717) is 30.1 Å². The van der Waals surface area contributed by atoms with Crippen molar-refractivity contribution in [2.75, 3.05) is 33.4 Å². The van der Waals surface area contributed by atoms with Gasteiger partial charge in [0.2, 0.25) is 6.23 Å². The molecule has 0 aliphatic carbocycles. The summed E-state index contributed by atoms with van der Waals surface area (Å²) in [6.07, 6.45) is 8.70. The zero-order valence-electron chi connectivity index (χ0n) is 19.9. The number of hydrogen-bond acceptors (Lipinski definition) is 7. The molecule has 0 spiro atoms. The lowest BCUT2D eigenvalue weighted by molar-refractivity contribution is -0.950. The standard InChI is InChI=1S/C23H40N3O4S/c1-6-8-10-11-16-28-21-20(24-31-25-21)19-13-12-14-26(5,17-19)22(18(3)4)30-23(27)29-15-9-7-2/h13,18,22H,6-12,14-17H2,1-5H3/q+1. The van der Waals surface area contributed by atoms with E-state index in [4.69, 9.17) is 14.2 Å². The zero-order valence-corrected chi connectivity index (χ0v) is 20.7.